The van der Waals surface area contributed by atoms with Crippen LogP contribution >= 0.6 is 38.6 Å². The molecule has 84 valence electrons. The van der Waals surface area contributed by atoms with Gasteiger partial charge in [0.25, 0.3) is 0 Å². The molecule has 0 saturated heterocycles. The van der Waals surface area contributed by atoms with E-state index in [4.69, 9.17) is 0 Å². The van der Waals surface area contributed by atoms with Gasteiger partial charge in [0, 0.05) is 14.6 Å². The summed E-state index contributed by atoms with van der Waals surface area (Å²) in [6.07, 6.45) is 0. The lowest BCUT2D eigenvalue weighted by atomic mass is 10.2. The first kappa shape index (κ1) is 11.2. The highest BCUT2D eigenvalue weighted by atomic mass is 79.9. The Morgan fingerprint density at radius 2 is 1.29 bits per heavy atom. The Labute approximate surface area is 117 Å². The maximum Gasteiger partial charge on any atom is 0.0705 e. The standard InChI is InChI=1S/C14H9BrS2/c15-14-9-8-13(17-14)12-7-6-11(16-12)10-4-2-1-3-5-10/h1-9H. The van der Waals surface area contributed by atoms with Gasteiger partial charge in [0.2, 0.25) is 0 Å². The second-order valence-corrected chi connectivity index (χ2v) is 7.18. The molecule has 0 bridgehead atoms. The normalized spacial score (nSPS) is 10.6. The molecule has 3 aromatic rings. The summed E-state index contributed by atoms with van der Waals surface area (Å²) in [4.78, 5) is 3.98. The van der Waals surface area contributed by atoms with Crippen LogP contribution in [0.4, 0.5) is 0 Å². The zero-order chi connectivity index (χ0) is 11.7. The van der Waals surface area contributed by atoms with Crippen molar-refractivity contribution in [3.8, 4) is 20.2 Å². The van der Waals surface area contributed by atoms with Gasteiger partial charge in [0.1, 0.15) is 0 Å². The van der Waals surface area contributed by atoms with E-state index in [-0.39, 0.29) is 0 Å². The van der Waals surface area contributed by atoms with Crippen LogP contribution in [0.5, 0.6) is 0 Å². The molecule has 1 aromatic carbocycles. The number of halogens is 1. The number of rotatable bonds is 2. The van der Waals surface area contributed by atoms with Crippen LogP contribution in [0.15, 0.2) is 58.4 Å². The van der Waals surface area contributed by atoms with Crippen LogP contribution in [0.2, 0.25) is 0 Å². The Balaban J connectivity index is 1.99. The quantitative estimate of drug-likeness (QED) is 0.551. The average molecular weight is 321 g/mol. The minimum atomic E-state index is 1.18. The summed E-state index contributed by atoms with van der Waals surface area (Å²) < 4.78 is 1.18. The Hall–Kier alpha value is -0.900. The molecule has 0 spiro atoms. The highest BCUT2D eigenvalue weighted by Crippen LogP contribution is 2.38. The van der Waals surface area contributed by atoms with E-state index in [2.05, 4.69) is 64.5 Å². The third-order valence-electron chi connectivity index (χ3n) is 2.48. The van der Waals surface area contributed by atoms with Crippen molar-refractivity contribution >= 4 is 38.6 Å². The smallest absolute Gasteiger partial charge is 0.0705 e. The van der Waals surface area contributed by atoms with Crippen molar-refractivity contribution < 1.29 is 0 Å². The summed E-state index contributed by atoms with van der Waals surface area (Å²) in [6.45, 7) is 0. The first-order valence-corrected chi connectivity index (χ1v) is 7.66. The summed E-state index contributed by atoms with van der Waals surface area (Å²) in [7, 11) is 0. The van der Waals surface area contributed by atoms with Crippen molar-refractivity contribution in [1.82, 2.24) is 0 Å². The Kier molecular flexibility index (Phi) is 3.14. The van der Waals surface area contributed by atoms with E-state index in [9.17, 15) is 0 Å². The Morgan fingerprint density at radius 1 is 0.647 bits per heavy atom. The second-order valence-electron chi connectivity index (χ2n) is 3.63. The minimum absolute atomic E-state index is 1.18. The summed E-state index contributed by atoms with van der Waals surface area (Å²) in [5.41, 5.74) is 1.29. The molecular formula is C14H9BrS2. The molecule has 0 unspecified atom stereocenters. The largest absolute Gasteiger partial charge is 0.134 e. The van der Waals surface area contributed by atoms with Crippen molar-refractivity contribution in [3.63, 3.8) is 0 Å². The average Bonchev–Trinajstić information content (AvgIpc) is 2.98. The van der Waals surface area contributed by atoms with Crippen LogP contribution in [-0.2, 0) is 0 Å². The van der Waals surface area contributed by atoms with Gasteiger partial charge in [-0.1, -0.05) is 30.3 Å². The zero-order valence-electron chi connectivity index (χ0n) is 8.89. The molecular weight excluding hydrogens is 312 g/mol. The molecule has 2 heterocycles. The van der Waals surface area contributed by atoms with Crippen LogP contribution in [0.1, 0.15) is 0 Å². The van der Waals surface area contributed by atoms with Gasteiger partial charge in [-0.05, 0) is 45.8 Å². The second kappa shape index (κ2) is 4.77. The summed E-state index contributed by atoms with van der Waals surface area (Å²) in [5.74, 6) is 0. The molecule has 0 N–H and O–H groups in total. The van der Waals surface area contributed by atoms with Crippen LogP contribution in [-0.4, -0.2) is 0 Å². The van der Waals surface area contributed by atoms with Crippen molar-refractivity contribution in [3.05, 3.63) is 58.4 Å². The maximum absolute atomic E-state index is 3.50. The fourth-order valence-corrected chi connectivity index (χ4v) is 4.16. The SMILES string of the molecule is Brc1ccc(-c2ccc(-c3ccccc3)s2)s1. The van der Waals surface area contributed by atoms with Crippen LogP contribution < -0.4 is 0 Å². The molecule has 0 aliphatic heterocycles. The van der Waals surface area contributed by atoms with Gasteiger partial charge in [-0.15, -0.1) is 22.7 Å². The molecule has 0 aliphatic rings. The lowest BCUT2D eigenvalue weighted by molar-refractivity contribution is 1.70. The summed E-state index contributed by atoms with van der Waals surface area (Å²) >= 11 is 7.12. The molecule has 0 radical (unpaired) electrons. The van der Waals surface area contributed by atoms with E-state index in [1.54, 1.807) is 11.3 Å². The number of hydrogen-bond donors (Lipinski definition) is 0. The first-order chi connectivity index (χ1) is 8.33. The van der Waals surface area contributed by atoms with Gasteiger partial charge in [-0.3, -0.25) is 0 Å². The highest BCUT2D eigenvalue weighted by molar-refractivity contribution is 9.11. The van der Waals surface area contributed by atoms with E-state index in [1.807, 2.05) is 17.4 Å². The fourth-order valence-electron chi connectivity index (χ4n) is 1.67. The van der Waals surface area contributed by atoms with Crippen molar-refractivity contribution in [1.29, 1.82) is 0 Å². The van der Waals surface area contributed by atoms with Gasteiger partial charge in [-0.2, -0.15) is 0 Å². The van der Waals surface area contributed by atoms with E-state index in [0.717, 1.165) is 0 Å². The van der Waals surface area contributed by atoms with Crippen LogP contribution in [0.25, 0.3) is 20.2 Å². The van der Waals surface area contributed by atoms with Crippen LogP contribution in [0.3, 0.4) is 0 Å². The summed E-state index contributed by atoms with van der Waals surface area (Å²) in [5, 5.41) is 0. The van der Waals surface area contributed by atoms with Crippen LogP contribution in [0, 0.1) is 0 Å². The molecule has 0 atom stereocenters. The maximum atomic E-state index is 3.50. The van der Waals surface area contributed by atoms with Crippen molar-refractivity contribution in [2.24, 2.45) is 0 Å². The predicted molar refractivity (Wildman–Crippen MR) is 80.8 cm³/mol. The molecule has 3 heteroatoms. The lowest BCUT2D eigenvalue weighted by Gasteiger charge is -1.94. The molecule has 0 fully saturated rings. The van der Waals surface area contributed by atoms with E-state index < -0.39 is 0 Å². The molecule has 2 aromatic heterocycles. The third-order valence-corrected chi connectivity index (χ3v) is 5.43. The molecule has 0 nitrogen and oxygen atoms in total. The number of thiophene rings is 2. The first-order valence-electron chi connectivity index (χ1n) is 5.24. The molecule has 0 saturated carbocycles. The van der Waals surface area contributed by atoms with Gasteiger partial charge in [-0.25, -0.2) is 0 Å². The van der Waals surface area contributed by atoms with Gasteiger partial charge in [0.05, 0.1) is 3.79 Å². The molecule has 0 aliphatic carbocycles. The highest BCUT2D eigenvalue weighted by Gasteiger charge is 2.06. The fraction of sp³-hybridized carbons (Fsp3) is 0. The molecule has 3 rings (SSSR count). The van der Waals surface area contributed by atoms with E-state index in [1.165, 1.54) is 24.0 Å². The van der Waals surface area contributed by atoms with Gasteiger partial charge < -0.3 is 0 Å². The van der Waals surface area contributed by atoms with Gasteiger partial charge in [0.15, 0.2) is 0 Å². The van der Waals surface area contributed by atoms with E-state index >= 15 is 0 Å². The molecule has 0 amide bonds. The third kappa shape index (κ3) is 2.37. The van der Waals surface area contributed by atoms with Crippen molar-refractivity contribution in [2.45, 2.75) is 0 Å². The Bertz CT molecular complexity index is 622. The minimum Gasteiger partial charge on any atom is -0.134 e. The monoisotopic (exact) mass is 320 g/mol. The predicted octanol–water partition coefficient (Wildman–Crippen LogP) is 5.91. The van der Waals surface area contributed by atoms with E-state index in [0.29, 0.717) is 0 Å². The Morgan fingerprint density at radius 3 is 2.00 bits per heavy atom. The lowest BCUT2D eigenvalue weighted by Crippen LogP contribution is -1.67. The zero-order valence-corrected chi connectivity index (χ0v) is 12.1. The van der Waals surface area contributed by atoms with Gasteiger partial charge >= 0.3 is 0 Å². The summed E-state index contributed by atoms with van der Waals surface area (Å²) in [6, 6.07) is 19.2. The number of hydrogen-bond acceptors (Lipinski definition) is 2. The topological polar surface area (TPSA) is 0 Å². The van der Waals surface area contributed by atoms with Crippen molar-refractivity contribution in [2.75, 3.05) is 0 Å². The number of benzene rings is 1. The molecule has 17 heavy (non-hydrogen) atoms.